The van der Waals surface area contributed by atoms with E-state index < -0.39 is 0 Å². The first-order chi connectivity index (χ1) is 9.20. The summed E-state index contributed by atoms with van der Waals surface area (Å²) in [5, 5.41) is 0. The van der Waals surface area contributed by atoms with Crippen LogP contribution in [0, 0.1) is 0 Å². The fraction of sp³-hybridized carbons (Fsp3) is 0.188. The van der Waals surface area contributed by atoms with Crippen LogP contribution in [0.3, 0.4) is 0 Å². The lowest BCUT2D eigenvalue weighted by atomic mass is 10.1. The third-order valence-corrected chi connectivity index (χ3v) is 2.99. The van der Waals surface area contributed by atoms with Gasteiger partial charge in [0.1, 0.15) is 5.75 Å². The molecule has 1 atom stereocenters. The van der Waals surface area contributed by atoms with E-state index in [2.05, 4.69) is 4.99 Å². The molecule has 2 N–H and O–H groups in total. The van der Waals surface area contributed by atoms with Crippen molar-refractivity contribution >= 4 is 11.9 Å². The van der Waals surface area contributed by atoms with Gasteiger partial charge in [0.25, 0.3) is 0 Å². The second kappa shape index (κ2) is 6.05. The number of nitrogens with two attached hydrogens (primary N) is 1. The van der Waals surface area contributed by atoms with Crippen LogP contribution in [0.5, 0.6) is 5.75 Å². The van der Waals surface area contributed by atoms with E-state index in [9.17, 15) is 0 Å². The van der Waals surface area contributed by atoms with Crippen LogP contribution >= 0.6 is 0 Å². The Bertz CT molecular complexity index is 578. The number of rotatable bonds is 4. The van der Waals surface area contributed by atoms with E-state index >= 15 is 0 Å². The standard InChI is InChI=1S/C16H18N2O/c1-12(15-8-3-4-9-16(15)17)18-11-13-6-5-7-14(10-13)19-2/h3-12H,17H2,1-2H3. The summed E-state index contributed by atoms with van der Waals surface area (Å²) in [6.07, 6.45) is 1.85. The molecule has 3 nitrogen and oxygen atoms in total. The summed E-state index contributed by atoms with van der Waals surface area (Å²) in [4.78, 5) is 4.54. The minimum Gasteiger partial charge on any atom is -0.497 e. The summed E-state index contributed by atoms with van der Waals surface area (Å²) >= 11 is 0. The van der Waals surface area contributed by atoms with Gasteiger partial charge < -0.3 is 10.5 Å². The first-order valence-electron chi connectivity index (χ1n) is 6.22. The molecule has 2 aromatic carbocycles. The fourth-order valence-electron chi connectivity index (χ4n) is 1.89. The molecule has 0 saturated carbocycles. The van der Waals surface area contributed by atoms with Crippen molar-refractivity contribution in [2.24, 2.45) is 4.99 Å². The van der Waals surface area contributed by atoms with E-state index in [1.165, 1.54) is 0 Å². The van der Waals surface area contributed by atoms with Gasteiger partial charge in [0.15, 0.2) is 0 Å². The average molecular weight is 254 g/mol. The SMILES string of the molecule is COc1cccc(C=NC(C)c2ccccc2N)c1. The van der Waals surface area contributed by atoms with E-state index in [0.29, 0.717) is 0 Å². The topological polar surface area (TPSA) is 47.6 Å². The predicted octanol–water partition coefficient (Wildman–Crippen LogP) is 3.46. The summed E-state index contributed by atoms with van der Waals surface area (Å²) in [5.74, 6) is 0.829. The largest absolute Gasteiger partial charge is 0.497 e. The van der Waals surface area contributed by atoms with Crippen LogP contribution in [0.4, 0.5) is 5.69 Å². The van der Waals surface area contributed by atoms with Gasteiger partial charge in [-0.05, 0) is 36.2 Å². The van der Waals surface area contributed by atoms with E-state index in [4.69, 9.17) is 10.5 Å². The molecule has 2 aromatic rings. The molecule has 0 bridgehead atoms. The molecule has 0 spiro atoms. The highest BCUT2D eigenvalue weighted by Crippen LogP contribution is 2.22. The second-order valence-electron chi connectivity index (χ2n) is 4.36. The minimum atomic E-state index is 0.0346. The van der Waals surface area contributed by atoms with Gasteiger partial charge in [-0.25, -0.2) is 0 Å². The molecular formula is C16H18N2O. The predicted molar refractivity (Wildman–Crippen MR) is 79.9 cm³/mol. The highest BCUT2D eigenvalue weighted by Gasteiger charge is 2.05. The number of nitrogens with zero attached hydrogens (tertiary/aromatic N) is 1. The minimum absolute atomic E-state index is 0.0346. The normalized spacial score (nSPS) is 12.5. The molecule has 2 rings (SSSR count). The maximum absolute atomic E-state index is 5.94. The molecule has 0 aliphatic heterocycles. The summed E-state index contributed by atoms with van der Waals surface area (Å²) in [6, 6.07) is 15.6. The summed E-state index contributed by atoms with van der Waals surface area (Å²) in [6.45, 7) is 2.03. The highest BCUT2D eigenvalue weighted by atomic mass is 16.5. The van der Waals surface area contributed by atoms with Crippen molar-refractivity contribution in [2.75, 3.05) is 12.8 Å². The molecule has 0 radical (unpaired) electrons. The van der Waals surface area contributed by atoms with Crippen LogP contribution < -0.4 is 10.5 Å². The Balaban J connectivity index is 2.16. The van der Waals surface area contributed by atoms with Crippen LogP contribution in [0.15, 0.2) is 53.5 Å². The Morgan fingerprint density at radius 1 is 1.16 bits per heavy atom. The zero-order valence-electron chi connectivity index (χ0n) is 11.2. The Kier molecular flexibility index (Phi) is 4.18. The molecule has 1 unspecified atom stereocenters. The van der Waals surface area contributed by atoms with Gasteiger partial charge in [0, 0.05) is 11.9 Å². The van der Waals surface area contributed by atoms with E-state index in [1.807, 2.05) is 61.7 Å². The lowest BCUT2D eigenvalue weighted by Gasteiger charge is -2.09. The highest BCUT2D eigenvalue weighted by molar-refractivity contribution is 5.80. The maximum atomic E-state index is 5.94. The summed E-state index contributed by atoms with van der Waals surface area (Å²) in [7, 11) is 1.66. The van der Waals surface area contributed by atoms with Crippen LogP contribution in [0.1, 0.15) is 24.1 Å². The zero-order valence-corrected chi connectivity index (χ0v) is 11.2. The number of para-hydroxylation sites is 1. The molecule has 0 aliphatic carbocycles. The van der Waals surface area contributed by atoms with Gasteiger partial charge in [-0.2, -0.15) is 0 Å². The Morgan fingerprint density at radius 3 is 2.68 bits per heavy atom. The van der Waals surface area contributed by atoms with Crippen molar-refractivity contribution in [1.29, 1.82) is 0 Å². The second-order valence-corrected chi connectivity index (χ2v) is 4.36. The molecule has 0 aromatic heterocycles. The molecule has 0 heterocycles. The van der Waals surface area contributed by atoms with E-state index in [1.54, 1.807) is 7.11 Å². The molecule has 98 valence electrons. The van der Waals surface area contributed by atoms with Crippen LogP contribution in [-0.4, -0.2) is 13.3 Å². The fourth-order valence-corrected chi connectivity index (χ4v) is 1.89. The van der Waals surface area contributed by atoms with Gasteiger partial charge >= 0.3 is 0 Å². The van der Waals surface area contributed by atoms with Crippen LogP contribution in [0.2, 0.25) is 0 Å². The van der Waals surface area contributed by atoms with Gasteiger partial charge in [-0.3, -0.25) is 4.99 Å². The van der Waals surface area contributed by atoms with Crippen molar-refractivity contribution in [3.05, 3.63) is 59.7 Å². The van der Waals surface area contributed by atoms with Crippen molar-refractivity contribution in [2.45, 2.75) is 13.0 Å². The van der Waals surface area contributed by atoms with Crippen molar-refractivity contribution in [3.63, 3.8) is 0 Å². The van der Waals surface area contributed by atoms with Gasteiger partial charge in [-0.1, -0.05) is 30.3 Å². The molecule has 0 aliphatic rings. The van der Waals surface area contributed by atoms with E-state index in [-0.39, 0.29) is 6.04 Å². The van der Waals surface area contributed by atoms with Crippen LogP contribution in [-0.2, 0) is 0 Å². The van der Waals surface area contributed by atoms with Crippen molar-refractivity contribution < 1.29 is 4.74 Å². The number of nitrogen functional groups attached to an aromatic ring is 1. The van der Waals surface area contributed by atoms with Crippen molar-refractivity contribution in [1.82, 2.24) is 0 Å². The first kappa shape index (κ1) is 13.1. The number of anilines is 1. The van der Waals surface area contributed by atoms with Gasteiger partial charge in [0.05, 0.1) is 13.2 Å². The number of aliphatic imine (C=N–C) groups is 1. The number of methoxy groups -OCH3 is 1. The smallest absolute Gasteiger partial charge is 0.119 e. The zero-order chi connectivity index (χ0) is 13.7. The van der Waals surface area contributed by atoms with Crippen molar-refractivity contribution in [3.8, 4) is 5.75 Å². The summed E-state index contributed by atoms with van der Waals surface area (Å²) < 4.78 is 5.18. The maximum Gasteiger partial charge on any atom is 0.119 e. The lowest BCUT2D eigenvalue weighted by Crippen LogP contribution is -1.97. The number of benzene rings is 2. The van der Waals surface area contributed by atoms with Gasteiger partial charge in [-0.15, -0.1) is 0 Å². The summed E-state index contributed by atoms with van der Waals surface area (Å²) in [5.41, 5.74) is 8.78. The quantitative estimate of drug-likeness (QED) is 0.671. The molecular weight excluding hydrogens is 236 g/mol. The van der Waals surface area contributed by atoms with Gasteiger partial charge in [0.2, 0.25) is 0 Å². The molecule has 19 heavy (non-hydrogen) atoms. The monoisotopic (exact) mass is 254 g/mol. The molecule has 0 fully saturated rings. The molecule has 0 saturated heterocycles. The number of ether oxygens (including phenoxy) is 1. The van der Waals surface area contributed by atoms with Crippen LogP contribution in [0.25, 0.3) is 0 Å². The first-order valence-corrected chi connectivity index (χ1v) is 6.22. The Hall–Kier alpha value is -2.29. The number of hydrogen-bond donors (Lipinski definition) is 1. The molecule has 3 heteroatoms. The van der Waals surface area contributed by atoms with E-state index in [0.717, 1.165) is 22.6 Å². The third-order valence-electron chi connectivity index (χ3n) is 2.99. The lowest BCUT2D eigenvalue weighted by molar-refractivity contribution is 0.415. The Morgan fingerprint density at radius 2 is 1.95 bits per heavy atom. The third kappa shape index (κ3) is 3.35. The number of hydrogen-bond acceptors (Lipinski definition) is 3. The Labute approximate surface area is 113 Å². The average Bonchev–Trinajstić information content (AvgIpc) is 2.45. The molecule has 0 amide bonds.